The molecule has 0 unspecified atom stereocenters. The summed E-state index contributed by atoms with van der Waals surface area (Å²) in [6.45, 7) is 2.87. The first-order valence-corrected chi connectivity index (χ1v) is 7.47. The van der Waals surface area contributed by atoms with Gasteiger partial charge in [-0.25, -0.2) is 0 Å². The second kappa shape index (κ2) is 6.06. The Balaban J connectivity index is 2.06. The topological polar surface area (TPSA) is 31.2 Å². The molecule has 0 bridgehead atoms. The third-order valence-corrected chi connectivity index (χ3v) is 3.93. The monoisotopic (exact) mass is 293 g/mol. The Morgan fingerprint density at radius 2 is 1.86 bits per heavy atom. The van der Waals surface area contributed by atoms with Crippen LogP contribution in [0.5, 0.6) is 5.75 Å². The summed E-state index contributed by atoms with van der Waals surface area (Å²) in [7, 11) is 1.66. The van der Waals surface area contributed by atoms with Gasteiger partial charge in [0.05, 0.1) is 12.6 Å². The number of rotatable bonds is 5. The summed E-state index contributed by atoms with van der Waals surface area (Å²) in [5.41, 5.74) is 2.79. The largest absolute Gasteiger partial charge is 0.495 e. The van der Waals surface area contributed by atoms with E-state index in [-0.39, 0.29) is 5.78 Å². The maximum atomic E-state index is 12.7. The van der Waals surface area contributed by atoms with Crippen LogP contribution in [0.15, 0.2) is 54.7 Å². The number of hydrogen-bond acceptors (Lipinski definition) is 2. The number of aromatic nitrogens is 1. The fraction of sp³-hybridized carbons (Fsp3) is 0.211. The lowest BCUT2D eigenvalue weighted by atomic mass is 10.0. The molecule has 3 heteroatoms. The normalized spacial score (nSPS) is 10.8. The van der Waals surface area contributed by atoms with Crippen LogP contribution >= 0.6 is 0 Å². The molecular formula is C19H19NO2. The van der Waals surface area contributed by atoms with E-state index in [0.717, 1.165) is 34.3 Å². The molecule has 3 nitrogen and oxygen atoms in total. The summed E-state index contributed by atoms with van der Waals surface area (Å²) in [5, 5.41) is 0.960. The average molecular weight is 293 g/mol. The van der Waals surface area contributed by atoms with E-state index in [1.807, 2.05) is 54.7 Å². The molecule has 0 spiro atoms. The molecule has 3 rings (SSSR count). The predicted octanol–water partition coefficient (Wildman–Crippen LogP) is 4.10. The van der Waals surface area contributed by atoms with Gasteiger partial charge in [0.25, 0.3) is 0 Å². The second-order valence-electron chi connectivity index (χ2n) is 5.27. The van der Waals surface area contributed by atoms with Crippen molar-refractivity contribution in [2.75, 3.05) is 7.11 Å². The zero-order valence-electron chi connectivity index (χ0n) is 12.9. The molecule has 0 saturated heterocycles. The van der Waals surface area contributed by atoms with E-state index in [0.29, 0.717) is 6.42 Å². The van der Waals surface area contributed by atoms with Crippen molar-refractivity contribution in [3.63, 3.8) is 0 Å². The van der Waals surface area contributed by atoms with Crippen molar-refractivity contribution in [3.05, 3.63) is 65.9 Å². The van der Waals surface area contributed by atoms with Gasteiger partial charge in [0.15, 0.2) is 5.78 Å². The highest BCUT2D eigenvalue weighted by molar-refractivity contribution is 6.10. The molecule has 0 saturated carbocycles. The van der Waals surface area contributed by atoms with Crippen LogP contribution in [0.1, 0.15) is 22.8 Å². The highest BCUT2D eigenvalue weighted by Gasteiger charge is 2.17. The van der Waals surface area contributed by atoms with E-state index >= 15 is 0 Å². The number of carbonyl (C=O) groups is 1. The molecule has 0 amide bonds. The highest BCUT2D eigenvalue weighted by atomic mass is 16.5. The van der Waals surface area contributed by atoms with E-state index in [1.54, 1.807) is 7.11 Å². The number of methoxy groups -OCH3 is 1. The number of para-hydroxylation sites is 1. The third kappa shape index (κ3) is 2.50. The zero-order chi connectivity index (χ0) is 15.5. The van der Waals surface area contributed by atoms with Gasteiger partial charge in [-0.1, -0.05) is 42.5 Å². The minimum absolute atomic E-state index is 0.136. The summed E-state index contributed by atoms with van der Waals surface area (Å²) in [6.07, 6.45) is 2.36. The van der Waals surface area contributed by atoms with Crippen molar-refractivity contribution < 1.29 is 9.53 Å². The van der Waals surface area contributed by atoms with Crippen molar-refractivity contribution in [1.82, 2.24) is 4.57 Å². The standard InChI is InChI=1S/C19H19NO2/c1-3-20-13-16(15-10-7-11-18(22-2)19(15)20)17(21)12-14-8-5-4-6-9-14/h4-11,13H,3,12H2,1-2H3. The summed E-state index contributed by atoms with van der Waals surface area (Å²) < 4.78 is 7.52. The van der Waals surface area contributed by atoms with Crippen molar-refractivity contribution in [3.8, 4) is 5.75 Å². The Morgan fingerprint density at radius 1 is 1.09 bits per heavy atom. The van der Waals surface area contributed by atoms with Crippen molar-refractivity contribution in [1.29, 1.82) is 0 Å². The maximum Gasteiger partial charge on any atom is 0.169 e. The van der Waals surface area contributed by atoms with Gasteiger partial charge >= 0.3 is 0 Å². The number of benzene rings is 2. The molecule has 2 aromatic carbocycles. The van der Waals surface area contributed by atoms with Crippen LogP contribution in [0.4, 0.5) is 0 Å². The van der Waals surface area contributed by atoms with Crippen molar-refractivity contribution in [2.24, 2.45) is 0 Å². The summed E-state index contributed by atoms with van der Waals surface area (Å²) in [6, 6.07) is 15.7. The molecule has 0 fully saturated rings. The molecule has 1 aromatic heterocycles. The van der Waals surface area contributed by atoms with Gasteiger partial charge in [-0.2, -0.15) is 0 Å². The summed E-state index contributed by atoms with van der Waals surface area (Å²) in [5.74, 6) is 0.940. The maximum absolute atomic E-state index is 12.7. The zero-order valence-corrected chi connectivity index (χ0v) is 12.9. The molecule has 0 aliphatic rings. The lowest BCUT2D eigenvalue weighted by Gasteiger charge is -2.06. The van der Waals surface area contributed by atoms with E-state index in [9.17, 15) is 4.79 Å². The smallest absolute Gasteiger partial charge is 0.169 e. The number of ether oxygens (including phenoxy) is 1. The molecule has 0 radical (unpaired) electrons. The van der Waals surface area contributed by atoms with Crippen LogP contribution < -0.4 is 4.74 Å². The molecule has 0 atom stereocenters. The Kier molecular flexibility index (Phi) is 3.96. The van der Waals surface area contributed by atoms with Crippen LogP contribution in [0.3, 0.4) is 0 Å². The number of ketones is 1. The first-order chi connectivity index (χ1) is 10.7. The van der Waals surface area contributed by atoms with E-state index in [1.165, 1.54) is 0 Å². The Labute approximate surface area is 130 Å². The SMILES string of the molecule is CCn1cc(C(=O)Cc2ccccc2)c2cccc(OC)c21. The van der Waals surface area contributed by atoms with Crippen LogP contribution in [-0.2, 0) is 13.0 Å². The average Bonchev–Trinajstić information content (AvgIpc) is 2.94. The highest BCUT2D eigenvalue weighted by Crippen LogP contribution is 2.30. The molecule has 1 heterocycles. The van der Waals surface area contributed by atoms with Crippen molar-refractivity contribution >= 4 is 16.7 Å². The Hall–Kier alpha value is -2.55. The number of nitrogens with zero attached hydrogens (tertiary/aromatic N) is 1. The van der Waals surface area contributed by atoms with Crippen LogP contribution in [0.25, 0.3) is 10.9 Å². The van der Waals surface area contributed by atoms with E-state index in [2.05, 4.69) is 11.5 Å². The molecule has 0 N–H and O–H groups in total. The van der Waals surface area contributed by atoms with Crippen LogP contribution in [0.2, 0.25) is 0 Å². The summed E-state index contributed by atoms with van der Waals surface area (Å²) in [4.78, 5) is 12.7. The third-order valence-electron chi connectivity index (χ3n) is 3.93. The predicted molar refractivity (Wildman–Crippen MR) is 88.6 cm³/mol. The van der Waals surface area contributed by atoms with Crippen LogP contribution in [0, 0.1) is 0 Å². The lowest BCUT2D eigenvalue weighted by Crippen LogP contribution is -2.02. The molecule has 22 heavy (non-hydrogen) atoms. The summed E-state index contributed by atoms with van der Waals surface area (Å²) >= 11 is 0. The first kappa shape index (κ1) is 14.4. The minimum Gasteiger partial charge on any atom is -0.495 e. The Bertz CT molecular complexity index is 803. The van der Waals surface area contributed by atoms with Crippen LogP contribution in [-0.4, -0.2) is 17.5 Å². The fourth-order valence-electron chi connectivity index (χ4n) is 2.84. The van der Waals surface area contributed by atoms with Gasteiger partial charge in [-0.15, -0.1) is 0 Å². The molecule has 0 aliphatic carbocycles. The van der Waals surface area contributed by atoms with Gasteiger partial charge in [0.1, 0.15) is 5.75 Å². The Morgan fingerprint density at radius 3 is 2.55 bits per heavy atom. The first-order valence-electron chi connectivity index (χ1n) is 7.47. The number of Topliss-reactive ketones (excluding diaryl/α,β-unsaturated/α-hetero) is 1. The number of aryl methyl sites for hydroxylation is 1. The van der Waals surface area contributed by atoms with Gasteiger partial charge in [-0.3, -0.25) is 4.79 Å². The molecule has 3 aromatic rings. The quantitative estimate of drug-likeness (QED) is 0.663. The van der Waals surface area contributed by atoms with Gasteiger partial charge < -0.3 is 9.30 Å². The number of carbonyl (C=O) groups excluding carboxylic acids is 1. The molecule has 112 valence electrons. The fourth-order valence-corrected chi connectivity index (χ4v) is 2.84. The van der Waals surface area contributed by atoms with Crippen molar-refractivity contribution in [2.45, 2.75) is 19.9 Å². The minimum atomic E-state index is 0.136. The van der Waals surface area contributed by atoms with Gasteiger partial charge in [0, 0.05) is 30.1 Å². The molecular weight excluding hydrogens is 274 g/mol. The lowest BCUT2D eigenvalue weighted by molar-refractivity contribution is 0.0994. The van der Waals surface area contributed by atoms with E-state index < -0.39 is 0 Å². The molecule has 0 aliphatic heterocycles. The second-order valence-corrected chi connectivity index (χ2v) is 5.27. The van der Waals surface area contributed by atoms with Gasteiger partial charge in [-0.05, 0) is 18.6 Å². The number of fused-ring (bicyclic) bond motifs is 1. The number of hydrogen-bond donors (Lipinski definition) is 0. The van der Waals surface area contributed by atoms with E-state index in [4.69, 9.17) is 4.74 Å². The van der Waals surface area contributed by atoms with Gasteiger partial charge in [0.2, 0.25) is 0 Å².